The highest BCUT2D eigenvalue weighted by Crippen LogP contribution is 2.18. The van der Waals surface area contributed by atoms with Crippen LogP contribution in [0.25, 0.3) is 10.9 Å². The van der Waals surface area contributed by atoms with E-state index in [4.69, 9.17) is 0 Å². The number of aromatic nitrogens is 1. The second-order valence-electron chi connectivity index (χ2n) is 3.03. The number of hydrogen-bond donors (Lipinski definition) is 1. The van der Waals surface area contributed by atoms with Crippen molar-refractivity contribution in [1.82, 2.24) is 4.98 Å². The minimum atomic E-state index is 0.290. The minimum absolute atomic E-state index is 0.290. The molecule has 0 bridgehead atoms. The normalized spacial score (nSPS) is 10.5. The standard InChI is InChI=1S/C11H11NO/c1-2-9-4-3-8-7-10(13)5-6-11(8)12-9/h3-7,13H,2H2,1H3. The molecule has 0 radical (unpaired) electrons. The molecule has 1 heterocycles. The van der Waals surface area contributed by atoms with Gasteiger partial charge in [-0.2, -0.15) is 0 Å². The molecule has 0 spiro atoms. The van der Waals surface area contributed by atoms with Gasteiger partial charge in [-0.25, -0.2) is 0 Å². The zero-order valence-electron chi connectivity index (χ0n) is 7.49. The molecule has 0 amide bonds. The molecular weight excluding hydrogens is 162 g/mol. The lowest BCUT2D eigenvalue weighted by Gasteiger charge is -2.00. The molecular formula is C11H11NO. The fraction of sp³-hybridized carbons (Fsp3) is 0.182. The number of benzene rings is 1. The molecule has 2 nitrogen and oxygen atoms in total. The van der Waals surface area contributed by atoms with Gasteiger partial charge in [0.05, 0.1) is 5.52 Å². The van der Waals surface area contributed by atoms with Gasteiger partial charge in [0.15, 0.2) is 0 Å². The van der Waals surface area contributed by atoms with Gasteiger partial charge in [-0.15, -0.1) is 0 Å². The van der Waals surface area contributed by atoms with E-state index in [1.54, 1.807) is 12.1 Å². The van der Waals surface area contributed by atoms with Gasteiger partial charge in [-0.3, -0.25) is 4.98 Å². The molecule has 0 unspecified atom stereocenters. The van der Waals surface area contributed by atoms with Crippen LogP contribution >= 0.6 is 0 Å². The van der Waals surface area contributed by atoms with Crippen molar-refractivity contribution in [3.8, 4) is 5.75 Å². The van der Waals surface area contributed by atoms with E-state index in [9.17, 15) is 5.11 Å². The van der Waals surface area contributed by atoms with E-state index in [0.29, 0.717) is 5.75 Å². The van der Waals surface area contributed by atoms with Crippen molar-refractivity contribution in [1.29, 1.82) is 0 Å². The Morgan fingerprint density at radius 3 is 2.85 bits per heavy atom. The van der Waals surface area contributed by atoms with Gasteiger partial charge in [0, 0.05) is 11.1 Å². The number of fused-ring (bicyclic) bond motifs is 1. The summed E-state index contributed by atoms with van der Waals surface area (Å²) in [5, 5.41) is 10.2. The number of phenolic OH excluding ortho intramolecular Hbond substituents is 1. The van der Waals surface area contributed by atoms with Gasteiger partial charge in [-0.1, -0.05) is 13.0 Å². The highest BCUT2D eigenvalue weighted by molar-refractivity contribution is 5.80. The molecule has 0 saturated heterocycles. The average molecular weight is 173 g/mol. The second kappa shape index (κ2) is 3.05. The van der Waals surface area contributed by atoms with E-state index in [2.05, 4.69) is 11.9 Å². The number of aromatic hydroxyl groups is 1. The topological polar surface area (TPSA) is 33.1 Å². The summed E-state index contributed by atoms with van der Waals surface area (Å²) in [7, 11) is 0. The third-order valence-electron chi connectivity index (χ3n) is 2.09. The van der Waals surface area contributed by atoms with Gasteiger partial charge >= 0.3 is 0 Å². The van der Waals surface area contributed by atoms with Gasteiger partial charge in [0.25, 0.3) is 0 Å². The van der Waals surface area contributed by atoms with Crippen LogP contribution in [-0.2, 0) is 6.42 Å². The Bertz CT molecular complexity index is 437. The second-order valence-corrected chi connectivity index (χ2v) is 3.03. The summed E-state index contributed by atoms with van der Waals surface area (Å²) < 4.78 is 0. The number of phenols is 1. The number of nitrogens with zero attached hydrogens (tertiary/aromatic N) is 1. The zero-order valence-corrected chi connectivity index (χ0v) is 7.49. The van der Waals surface area contributed by atoms with Crippen LogP contribution in [0, 0.1) is 0 Å². The zero-order chi connectivity index (χ0) is 9.26. The van der Waals surface area contributed by atoms with Gasteiger partial charge in [0.1, 0.15) is 5.75 Å². The van der Waals surface area contributed by atoms with Crippen molar-refractivity contribution < 1.29 is 5.11 Å². The van der Waals surface area contributed by atoms with Crippen LogP contribution in [0.5, 0.6) is 5.75 Å². The molecule has 1 aromatic heterocycles. The van der Waals surface area contributed by atoms with Crippen molar-refractivity contribution in [2.45, 2.75) is 13.3 Å². The van der Waals surface area contributed by atoms with Crippen molar-refractivity contribution in [3.63, 3.8) is 0 Å². The first-order valence-corrected chi connectivity index (χ1v) is 4.38. The molecule has 0 aliphatic rings. The smallest absolute Gasteiger partial charge is 0.116 e. The Morgan fingerprint density at radius 2 is 2.08 bits per heavy atom. The maximum Gasteiger partial charge on any atom is 0.116 e. The SMILES string of the molecule is CCc1ccc2cc(O)ccc2n1. The lowest BCUT2D eigenvalue weighted by Crippen LogP contribution is -1.86. The van der Waals surface area contributed by atoms with E-state index in [-0.39, 0.29) is 0 Å². The third kappa shape index (κ3) is 1.47. The Morgan fingerprint density at radius 1 is 1.23 bits per heavy atom. The molecule has 0 fully saturated rings. The molecule has 0 aliphatic carbocycles. The average Bonchev–Trinajstić information content (AvgIpc) is 2.17. The van der Waals surface area contributed by atoms with Crippen LogP contribution in [0.2, 0.25) is 0 Å². The first-order valence-electron chi connectivity index (χ1n) is 4.38. The Balaban J connectivity index is 2.66. The summed E-state index contributed by atoms with van der Waals surface area (Å²) in [5.41, 5.74) is 2.02. The van der Waals surface area contributed by atoms with Gasteiger partial charge in [-0.05, 0) is 30.7 Å². The summed E-state index contributed by atoms with van der Waals surface area (Å²) in [6, 6.07) is 9.20. The molecule has 2 heteroatoms. The highest BCUT2D eigenvalue weighted by atomic mass is 16.3. The van der Waals surface area contributed by atoms with Crippen LogP contribution < -0.4 is 0 Å². The lowest BCUT2D eigenvalue weighted by atomic mass is 10.2. The number of aryl methyl sites for hydroxylation is 1. The Hall–Kier alpha value is -1.57. The molecule has 13 heavy (non-hydrogen) atoms. The monoisotopic (exact) mass is 173 g/mol. The van der Waals surface area contributed by atoms with Crippen molar-refractivity contribution >= 4 is 10.9 Å². The predicted molar refractivity (Wildman–Crippen MR) is 52.8 cm³/mol. The van der Waals surface area contributed by atoms with Gasteiger partial charge < -0.3 is 5.11 Å². The molecule has 0 atom stereocenters. The Labute approximate surface area is 76.9 Å². The number of rotatable bonds is 1. The van der Waals surface area contributed by atoms with Crippen molar-refractivity contribution in [2.75, 3.05) is 0 Å². The summed E-state index contributed by atoms with van der Waals surface area (Å²) in [4.78, 5) is 4.42. The van der Waals surface area contributed by atoms with E-state index in [1.807, 2.05) is 18.2 Å². The summed E-state index contributed by atoms with van der Waals surface area (Å²) in [6.45, 7) is 2.08. The van der Waals surface area contributed by atoms with Crippen LogP contribution in [0.1, 0.15) is 12.6 Å². The quantitative estimate of drug-likeness (QED) is 0.718. The maximum atomic E-state index is 9.23. The van der Waals surface area contributed by atoms with Crippen molar-refractivity contribution in [3.05, 3.63) is 36.0 Å². The highest BCUT2D eigenvalue weighted by Gasteiger charge is 1.97. The maximum absolute atomic E-state index is 9.23. The van der Waals surface area contributed by atoms with E-state index < -0.39 is 0 Å². The largest absolute Gasteiger partial charge is 0.508 e. The van der Waals surface area contributed by atoms with Crippen molar-refractivity contribution in [2.24, 2.45) is 0 Å². The summed E-state index contributed by atoms with van der Waals surface area (Å²) in [6.07, 6.45) is 0.941. The molecule has 1 aromatic carbocycles. The Kier molecular flexibility index (Phi) is 1.89. The minimum Gasteiger partial charge on any atom is -0.508 e. The van der Waals surface area contributed by atoms with Crippen LogP contribution in [-0.4, -0.2) is 10.1 Å². The summed E-state index contributed by atoms with van der Waals surface area (Å²) >= 11 is 0. The molecule has 1 N–H and O–H groups in total. The fourth-order valence-corrected chi connectivity index (χ4v) is 1.35. The fourth-order valence-electron chi connectivity index (χ4n) is 1.35. The third-order valence-corrected chi connectivity index (χ3v) is 2.09. The molecule has 0 saturated carbocycles. The molecule has 2 aromatic rings. The van der Waals surface area contributed by atoms with Crippen LogP contribution in [0.3, 0.4) is 0 Å². The lowest BCUT2D eigenvalue weighted by molar-refractivity contribution is 0.476. The predicted octanol–water partition coefficient (Wildman–Crippen LogP) is 2.50. The first-order chi connectivity index (χ1) is 6.29. The van der Waals surface area contributed by atoms with Crippen LogP contribution in [0.15, 0.2) is 30.3 Å². The van der Waals surface area contributed by atoms with Crippen LogP contribution in [0.4, 0.5) is 0 Å². The first kappa shape index (κ1) is 8.05. The number of hydrogen-bond acceptors (Lipinski definition) is 2. The van der Waals surface area contributed by atoms with Gasteiger partial charge in [0.2, 0.25) is 0 Å². The number of pyridine rings is 1. The van der Waals surface area contributed by atoms with E-state index in [0.717, 1.165) is 23.0 Å². The summed E-state index contributed by atoms with van der Waals surface area (Å²) in [5.74, 6) is 0.290. The molecule has 66 valence electrons. The van der Waals surface area contributed by atoms with E-state index in [1.165, 1.54) is 0 Å². The van der Waals surface area contributed by atoms with E-state index >= 15 is 0 Å². The molecule has 2 rings (SSSR count). The molecule has 0 aliphatic heterocycles.